The molecule has 3 nitrogen and oxygen atoms in total. The average molecular weight is 223 g/mol. The van der Waals surface area contributed by atoms with E-state index in [1.807, 2.05) is 0 Å². The van der Waals surface area contributed by atoms with Gasteiger partial charge in [0.15, 0.2) is 0 Å². The van der Waals surface area contributed by atoms with E-state index < -0.39 is 9.33 Å². The summed E-state index contributed by atoms with van der Waals surface area (Å²) in [6, 6.07) is 8.48. The molecule has 1 rings (SSSR count). The van der Waals surface area contributed by atoms with E-state index in [-0.39, 0.29) is 0 Å². The predicted molar refractivity (Wildman–Crippen MR) is 53.3 cm³/mol. The van der Waals surface area contributed by atoms with Gasteiger partial charge < -0.3 is 0 Å². The third kappa shape index (κ3) is 11.4. The van der Waals surface area contributed by atoms with Crippen LogP contribution in [0.4, 0.5) is 0 Å². The van der Waals surface area contributed by atoms with E-state index in [1.54, 1.807) is 0 Å². The number of aryl methyl sites for hydroxylation is 2. The first-order valence-corrected chi connectivity index (χ1v) is 5.76. The van der Waals surface area contributed by atoms with Crippen LogP contribution in [0.5, 0.6) is 0 Å². The highest BCUT2D eigenvalue weighted by atomic mass is 35.7. The fourth-order valence-electron chi connectivity index (χ4n) is 0.637. The van der Waals surface area contributed by atoms with Crippen LogP contribution in [-0.4, -0.2) is 13.0 Å². The van der Waals surface area contributed by atoms with Crippen molar-refractivity contribution in [2.75, 3.05) is 0 Å². The molecule has 0 radical (unpaired) electrons. The van der Waals surface area contributed by atoms with E-state index in [0.717, 1.165) is 0 Å². The van der Waals surface area contributed by atoms with Gasteiger partial charge in [0.05, 0.1) is 0 Å². The number of halogens is 1. The van der Waals surface area contributed by atoms with Crippen molar-refractivity contribution in [1.82, 2.24) is 0 Å². The van der Waals surface area contributed by atoms with Crippen molar-refractivity contribution in [1.29, 1.82) is 0 Å². The lowest BCUT2D eigenvalue weighted by molar-refractivity contribution is 0.501. The monoisotopic (exact) mass is 222 g/mol. The van der Waals surface area contributed by atoms with Crippen molar-refractivity contribution in [3.8, 4) is 0 Å². The SMILES string of the molecule is Cc1ccc(C)cc1.O=S(=O)(O)Cl. The Balaban J connectivity index is 0.000000252. The summed E-state index contributed by atoms with van der Waals surface area (Å²) < 4.78 is 25.2. The number of hydrogen-bond donors (Lipinski definition) is 1. The summed E-state index contributed by atoms with van der Waals surface area (Å²) in [6.07, 6.45) is 0. The minimum absolute atomic E-state index is 1.33. The summed E-state index contributed by atoms with van der Waals surface area (Å²) in [7, 11) is -0.137. The lowest BCUT2D eigenvalue weighted by Crippen LogP contribution is -1.77. The van der Waals surface area contributed by atoms with Gasteiger partial charge in [0.1, 0.15) is 0 Å². The summed E-state index contributed by atoms with van der Waals surface area (Å²) in [5.41, 5.74) is 2.66. The standard InChI is InChI=1S/C8H10.ClHO3S/c1-7-3-5-8(2)6-4-7;1-5(2,3)4/h3-6H,1-2H3;(H,2,3,4). The highest BCUT2D eigenvalue weighted by Gasteiger charge is 1.86. The van der Waals surface area contributed by atoms with Crippen molar-refractivity contribution < 1.29 is 13.0 Å². The van der Waals surface area contributed by atoms with E-state index in [0.29, 0.717) is 0 Å². The second kappa shape index (κ2) is 5.21. The fraction of sp³-hybridized carbons (Fsp3) is 0.250. The Labute approximate surface area is 82.6 Å². The zero-order valence-corrected chi connectivity index (χ0v) is 8.93. The Hall–Kier alpha value is -0.580. The van der Waals surface area contributed by atoms with E-state index in [2.05, 4.69) is 48.8 Å². The molecule has 0 unspecified atom stereocenters. The molecule has 0 aromatic heterocycles. The minimum atomic E-state index is -4.19. The van der Waals surface area contributed by atoms with Crippen LogP contribution in [0.3, 0.4) is 0 Å². The molecule has 0 aliphatic carbocycles. The van der Waals surface area contributed by atoms with Crippen LogP contribution in [0, 0.1) is 13.8 Å². The molecule has 1 N–H and O–H groups in total. The van der Waals surface area contributed by atoms with Gasteiger partial charge in [-0.1, -0.05) is 35.4 Å². The van der Waals surface area contributed by atoms with Gasteiger partial charge in [-0.2, -0.15) is 8.42 Å². The Kier molecular flexibility index (Phi) is 4.98. The van der Waals surface area contributed by atoms with E-state index in [9.17, 15) is 0 Å². The second-order valence-electron chi connectivity index (χ2n) is 2.57. The molecular formula is C8H11ClO3S. The maximum absolute atomic E-state index is 8.95. The van der Waals surface area contributed by atoms with E-state index in [1.165, 1.54) is 11.1 Å². The third-order valence-corrected chi connectivity index (χ3v) is 1.22. The largest absolute Gasteiger partial charge is 0.353 e. The summed E-state index contributed by atoms with van der Waals surface area (Å²) >= 11 is 0. The molecule has 1 aromatic carbocycles. The molecule has 1 aromatic rings. The lowest BCUT2D eigenvalue weighted by atomic mass is 10.2. The van der Waals surface area contributed by atoms with Gasteiger partial charge in [0.25, 0.3) is 0 Å². The molecular weight excluding hydrogens is 212 g/mol. The molecule has 5 heteroatoms. The van der Waals surface area contributed by atoms with Crippen molar-refractivity contribution in [3.05, 3.63) is 35.4 Å². The first-order chi connectivity index (χ1) is 5.79. The fourth-order valence-corrected chi connectivity index (χ4v) is 0.637. The molecule has 13 heavy (non-hydrogen) atoms. The zero-order valence-electron chi connectivity index (χ0n) is 7.36. The van der Waals surface area contributed by atoms with Crippen LogP contribution in [0.2, 0.25) is 0 Å². The van der Waals surface area contributed by atoms with Crippen molar-refractivity contribution in [3.63, 3.8) is 0 Å². The quantitative estimate of drug-likeness (QED) is 0.542. The van der Waals surface area contributed by atoms with Crippen molar-refractivity contribution in [2.24, 2.45) is 0 Å². The van der Waals surface area contributed by atoms with Crippen LogP contribution in [-0.2, 0) is 9.33 Å². The molecule has 0 fully saturated rings. The number of hydrogen-bond acceptors (Lipinski definition) is 2. The molecule has 0 heterocycles. The zero-order chi connectivity index (χ0) is 10.5. The van der Waals surface area contributed by atoms with E-state index in [4.69, 9.17) is 13.0 Å². The first-order valence-electron chi connectivity index (χ1n) is 3.49. The molecule has 0 amide bonds. The molecule has 0 saturated carbocycles. The highest BCUT2D eigenvalue weighted by Crippen LogP contribution is 1.99. The van der Waals surface area contributed by atoms with Gasteiger partial charge >= 0.3 is 9.33 Å². The molecule has 0 spiro atoms. The van der Waals surface area contributed by atoms with Gasteiger partial charge in [-0.25, -0.2) is 0 Å². The van der Waals surface area contributed by atoms with Gasteiger partial charge in [0.2, 0.25) is 0 Å². The number of benzene rings is 1. The Bertz CT molecular complexity index is 313. The summed E-state index contributed by atoms with van der Waals surface area (Å²) in [4.78, 5) is 0. The van der Waals surface area contributed by atoms with Crippen molar-refractivity contribution >= 4 is 20.0 Å². The normalized spacial score (nSPS) is 10.2. The van der Waals surface area contributed by atoms with Gasteiger partial charge in [-0.05, 0) is 13.8 Å². The maximum atomic E-state index is 8.95. The minimum Gasteiger partial charge on any atom is -0.273 e. The average Bonchev–Trinajstić information content (AvgIpc) is 1.92. The van der Waals surface area contributed by atoms with Crippen LogP contribution in [0.25, 0.3) is 0 Å². The predicted octanol–water partition coefficient (Wildman–Crippen LogP) is 2.33. The Morgan fingerprint density at radius 3 is 1.38 bits per heavy atom. The third-order valence-electron chi connectivity index (χ3n) is 1.22. The highest BCUT2D eigenvalue weighted by molar-refractivity contribution is 8.09. The molecule has 0 aliphatic rings. The molecule has 0 atom stereocenters. The topological polar surface area (TPSA) is 54.4 Å². The smallest absolute Gasteiger partial charge is 0.273 e. The Morgan fingerprint density at radius 1 is 1.08 bits per heavy atom. The lowest BCUT2D eigenvalue weighted by Gasteiger charge is -1.90. The Morgan fingerprint density at radius 2 is 1.23 bits per heavy atom. The summed E-state index contributed by atoms with van der Waals surface area (Å²) in [5, 5.41) is 0. The van der Waals surface area contributed by atoms with E-state index >= 15 is 0 Å². The van der Waals surface area contributed by atoms with Crippen LogP contribution >= 0.6 is 10.7 Å². The van der Waals surface area contributed by atoms with Crippen molar-refractivity contribution in [2.45, 2.75) is 13.8 Å². The maximum Gasteiger partial charge on any atom is 0.353 e. The molecule has 74 valence electrons. The van der Waals surface area contributed by atoms with Crippen LogP contribution in [0.15, 0.2) is 24.3 Å². The molecule has 0 bridgehead atoms. The van der Waals surface area contributed by atoms with Gasteiger partial charge in [-0.15, -0.1) is 0 Å². The van der Waals surface area contributed by atoms with Crippen LogP contribution < -0.4 is 0 Å². The molecule has 0 aliphatic heterocycles. The first kappa shape index (κ1) is 12.4. The van der Waals surface area contributed by atoms with Gasteiger partial charge in [0, 0.05) is 10.7 Å². The summed E-state index contributed by atoms with van der Waals surface area (Å²) in [6.45, 7) is 4.19. The molecule has 0 saturated heterocycles. The second-order valence-corrected chi connectivity index (χ2v) is 4.56. The number of rotatable bonds is 0. The van der Waals surface area contributed by atoms with Gasteiger partial charge in [-0.3, -0.25) is 4.55 Å². The van der Waals surface area contributed by atoms with Crippen LogP contribution in [0.1, 0.15) is 11.1 Å². The summed E-state index contributed by atoms with van der Waals surface area (Å²) in [5.74, 6) is 0.